The van der Waals surface area contributed by atoms with Crippen LogP contribution in [0.5, 0.6) is 5.75 Å². The molecule has 112 valence electrons. The Kier molecular flexibility index (Phi) is 5.88. The van der Waals surface area contributed by atoms with E-state index in [2.05, 4.69) is 10.1 Å². The molecular formula is C14H19F2NO3. The number of rotatable bonds is 7. The van der Waals surface area contributed by atoms with Crippen LogP contribution in [0.15, 0.2) is 24.3 Å². The first-order valence-corrected chi connectivity index (χ1v) is 6.45. The lowest BCUT2D eigenvalue weighted by atomic mass is 9.97. The van der Waals surface area contributed by atoms with E-state index in [1.54, 1.807) is 0 Å². The molecule has 0 atom stereocenters. The zero-order valence-corrected chi connectivity index (χ0v) is 11.5. The molecule has 0 radical (unpaired) electrons. The SMILES string of the molecule is CCC(O)(CC)CNC(=O)c1ccc(OC(F)F)cc1. The maximum atomic E-state index is 12.0. The normalized spacial score (nSPS) is 11.5. The van der Waals surface area contributed by atoms with E-state index < -0.39 is 12.2 Å². The van der Waals surface area contributed by atoms with Crippen LogP contribution in [0.2, 0.25) is 0 Å². The number of hydrogen-bond donors (Lipinski definition) is 2. The number of carbonyl (C=O) groups is 1. The summed E-state index contributed by atoms with van der Waals surface area (Å²) in [7, 11) is 0. The van der Waals surface area contributed by atoms with Gasteiger partial charge in [-0.2, -0.15) is 8.78 Å². The van der Waals surface area contributed by atoms with E-state index in [4.69, 9.17) is 0 Å². The van der Waals surface area contributed by atoms with Crippen LogP contribution in [0.1, 0.15) is 37.0 Å². The molecule has 2 N–H and O–H groups in total. The van der Waals surface area contributed by atoms with Crippen LogP contribution >= 0.6 is 0 Å². The summed E-state index contributed by atoms with van der Waals surface area (Å²) in [6, 6.07) is 5.38. The van der Waals surface area contributed by atoms with Crippen LogP contribution in [0.3, 0.4) is 0 Å². The Hall–Kier alpha value is -1.69. The highest BCUT2D eigenvalue weighted by molar-refractivity contribution is 5.94. The van der Waals surface area contributed by atoms with Crippen molar-refractivity contribution in [1.29, 1.82) is 0 Å². The van der Waals surface area contributed by atoms with E-state index in [-0.39, 0.29) is 18.2 Å². The van der Waals surface area contributed by atoms with Gasteiger partial charge in [0.05, 0.1) is 5.60 Å². The van der Waals surface area contributed by atoms with Crippen LogP contribution in [-0.2, 0) is 0 Å². The third-order valence-corrected chi connectivity index (χ3v) is 3.24. The Morgan fingerprint density at radius 2 is 1.85 bits per heavy atom. The van der Waals surface area contributed by atoms with Crippen LogP contribution in [-0.4, -0.2) is 29.8 Å². The van der Waals surface area contributed by atoms with Gasteiger partial charge < -0.3 is 15.2 Å². The average molecular weight is 287 g/mol. The summed E-state index contributed by atoms with van der Waals surface area (Å²) in [4.78, 5) is 11.8. The van der Waals surface area contributed by atoms with Gasteiger partial charge in [-0.3, -0.25) is 4.79 Å². The van der Waals surface area contributed by atoms with Gasteiger partial charge >= 0.3 is 6.61 Å². The quantitative estimate of drug-likeness (QED) is 0.810. The minimum atomic E-state index is -2.89. The second-order valence-electron chi connectivity index (χ2n) is 4.52. The molecule has 0 saturated heterocycles. The second kappa shape index (κ2) is 7.19. The zero-order chi connectivity index (χ0) is 15.2. The Balaban J connectivity index is 2.60. The number of ether oxygens (including phenoxy) is 1. The molecule has 0 bridgehead atoms. The molecule has 0 aromatic heterocycles. The number of amides is 1. The van der Waals surface area contributed by atoms with Crippen LogP contribution in [0, 0.1) is 0 Å². The van der Waals surface area contributed by atoms with E-state index in [0.29, 0.717) is 18.4 Å². The molecule has 0 aliphatic rings. The molecule has 1 aromatic carbocycles. The fraction of sp³-hybridized carbons (Fsp3) is 0.500. The first-order chi connectivity index (χ1) is 9.40. The van der Waals surface area contributed by atoms with Crippen molar-refractivity contribution in [2.75, 3.05) is 6.54 Å². The predicted octanol–water partition coefficient (Wildman–Crippen LogP) is 2.57. The highest BCUT2D eigenvalue weighted by Gasteiger charge is 2.22. The van der Waals surface area contributed by atoms with Gasteiger partial charge in [-0.15, -0.1) is 0 Å². The number of benzene rings is 1. The Morgan fingerprint density at radius 1 is 1.30 bits per heavy atom. The lowest BCUT2D eigenvalue weighted by Crippen LogP contribution is -2.42. The molecule has 1 rings (SSSR count). The number of hydrogen-bond acceptors (Lipinski definition) is 3. The number of halogens is 2. The van der Waals surface area contributed by atoms with Crippen LogP contribution in [0.4, 0.5) is 8.78 Å². The molecule has 0 aliphatic carbocycles. The number of alkyl halides is 2. The van der Waals surface area contributed by atoms with Crippen molar-refractivity contribution < 1.29 is 23.4 Å². The van der Waals surface area contributed by atoms with E-state index in [1.807, 2.05) is 13.8 Å². The van der Waals surface area contributed by atoms with Gasteiger partial charge in [-0.05, 0) is 37.1 Å². The van der Waals surface area contributed by atoms with Crippen molar-refractivity contribution in [2.45, 2.75) is 38.9 Å². The highest BCUT2D eigenvalue weighted by atomic mass is 19.3. The maximum Gasteiger partial charge on any atom is 0.387 e. The Bertz CT molecular complexity index is 431. The Labute approximate surface area is 116 Å². The first kappa shape index (κ1) is 16.4. The average Bonchev–Trinajstić information content (AvgIpc) is 2.44. The van der Waals surface area contributed by atoms with Crippen molar-refractivity contribution in [3.8, 4) is 5.75 Å². The van der Waals surface area contributed by atoms with E-state index in [9.17, 15) is 18.7 Å². The lowest BCUT2D eigenvalue weighted by molar-refractivity contribution is -0.0498. The molecule has 20 heavy (non-hydrogen) atoms. The monoisotopic (exact) mass is 287 g/mol. The summed E-state index contributed by atoms with van der Waals surface area (Å²) in [5.41, 5.74) is -0.602. The lowest BCUT2D eigenvalue weighted by Gasteiger charge is -2.25. The van der Waals surface area contributed by atoms with Gasteiger partial charge in [-0.25, -0.2) is 0 Å². The molecule has 0 unspecified atom stereocenters. The van der Waals surface area contributed by atoms with Gasteiger partial charge in [-0.1, -0.05) is 13.8 Å². The fourth-order valence-corrected chi connectivity index (χ4v) is 1.63. The minimum Gasteiger partial charge on any atom is -0.435 e. The van der Waals surface area contributed by atoms with Crippen molar-refractivity contribution >= 4 is 5.91 Å². The van der Waals surface area contributed by atoms with Crippen molar-refractivity contribution in [3.63, 3.8) is 0 Å². The summed E-state index contributed by atoms with van der Waals surface area (Å²) >= 11 is 0. The predicted molar refractivity (Wildman–Crippen MR) is 70.9 cm³/mol. The van der Waals surface area contributed by atoms with E-state index in [0.717, 1.165) is 0 Å². The van der Waals surface area contributed by atoms with Crippen LogP contribution < -0.4 is 10.1 Å². The summed E-state index contributed by atoms with van der Waals surface area (Å²) in [6.45, 7) is 0.936. The molecule has 0 spiro atoms. The number of carbonyl (C=O) groups excluding carboxylic acids is 1. The van der Waals surface area contributed by atoms with Gasteiger partial charge in [0.2, 0.25) is 0 Å². The molecule has 1 aromatic rings. The van der Waals surface area contributed by atoms with Gasteiger partial charge in [0.1, 0.15) is 5.75 Å². The summed E-state index contributed by atoms with van der Waals surface area (Å²) in [6.07, 6.45) is 1.07. The van der Waals surface area contributed by atoms with Crippen molar-refractivity contribution in [3.05, 3.63) is 29.8 Å². The largest absolute Gasteiger partial charge is 0.435 e. The maximum absolute atomic E-state index is 12.0. The molecule has 4 nitrogen and oxygen atoms in total. The molecule has 0 aliphatic heterocycles. The van der Waals surface area contributed by atoms with Crippen molar-refractivity contribution in [1.82, 2.24) is 5.32 Å². The van der Waals surface area contributed by atoms with Gasteiger partial charge in [0, 0.05) is 12.1 Å². The molecule has 6 heteroatoms. The number of aliphatic hydroxyl groups is 1. The van der Waals surface area contributed by atoms with E-state index >= 15 is 0 Å². The zero-order valence-electron chi connectivity index (χ0n) is 11.5. The molecule has 1 amide bonds. The smallest absolute Gasteiger partial charge is 0.387 e. The third-order valence-electron chi connectivity index (χ3n) is 3.24. The summed E-state index contributed by atoms with van der Waals surface area (Å²) < 4.78 is 28.2. The number of nitrogens with one attached hydrogen (secondary N) is 1. The van der Waals surface area contributed by atoms with Gasteiger partial charge in [0.15, 0.2) is 0 Å². The molecule has 0 heterocycles. The first-order valence-electron chi connectivity index (χ1n) is 6.45. The third kappa shape index (κ3) is 4.77. The summed E-state index contributed by atoms with van der Waals surface area (Å²) in [5, 5.41) is 12.7. The highest BCUT2D eigenvalue weighted by Crippen LogP contribution is 2.16. The molecule has 0 fully saturated rings. The Morgan fingerprint density at radius 3 is 2.30 bits per heavy atom. The van der Waals surface area contributed by atoms with Crippen molar-refractivity contribution in [2.24, 2.45) is 0 Å². The van der Waals surface area contributed by atoms with E-state index in [1.165, 1.54) is 24.3 Å². The van der Waals surface area contributed by atoms with Crippen LogP contribution in [0.25, 0.3) is 0 Å². The van der Waals surface area contributed by atoms with Gasteiger partial charge in [0.25, 0.3) is 5.91 Å². The topological polar surface area (TPSA) is 58.6 Å². The summed E-state index contributed by atoms with van der Waals surface area (Å²) in [5.74, 6) is -0.371. The molecular weight excluding hydrogens is 268 g/mol. The minimum absolute atomic E-state index is 0.00447. The molecule has 0 saturated carbocycles. The standard InChI is InChI=1S/C14H19F2NO3/c1-3-14(19,4-2)9-17-12(18)10-5-7-11(8-6-10)20-13(15)16/h5-8,13,19H,3-4,9H2,1-2H3,(H,17,18). The second-order valence-corrected chi connectivity index (χ2v) is 4.52. The fourth-order valence-electron chi connectivity index (χ4n) is 1.63.